The minimum Gasteiger partial charge on any atom is -0.463 e. The fourth-order valence-electron chi connectivity index (χ4n) is 2.83. The number of carbonyl (C=O) groups excluding carboxylic acids is 2. The van der Waals surface area contributed by atoms with Crippen LogP contribution in [-0.4, -0.2) is 22.9 Å². The van der Waals surface area contributed by atoms with Crippen LogP contribution in [0.3, 0.4) is 0 Å². The lowest BCUT2D eigenvalue weighted by molar-refractivity contribution is -0.385. The van der Waals surface area contributed by atoms with Crippen LogP contribution in [0.25, 0.3) is 0 Å². The lowest BCUT2D eigenvalue weighted by Crippen LogP contribution is -2.32. The summed E-state index contributed by atoms with van der Waals surface area (Å²) in [6.45, 7) is 3.19. The summed E-state index contributed by atoms with van der Waals surface area (Å²) < 4.78 is 44.8. The van der Waals surface area contributed by atoms with Gasteiger partial charge in [0.05, 0.1) is 40.2 Å². The molecular weight excluding hydrogens is 405 g/mol. The predicted octanol–water partition coefficient (Wildman–Crippen LogP) is 4.43. The lowest BCUT2D eigenvalue weighted by atomic mass is 10.00. The average Bonchev–Trinajstić information content (AvgIpc) is 2.66. The molecule has 0 spiro atoms. The van der Waals surface area contributed by atoms with E-state index in [2.05, 4.69) is 5.32 Å². The van der Waals surface area contributed by atoms with E-state index in [9.17, 15) is 32.9 Å². The van der Waals surface area contributed by atoms with Gasteiger partial charge in [-0.25, -0.2) is 0 Å². The number of carbonyl (C=O) groups is 2. The van der Waals surface area contributed by atoms with Crippen LogP contribution in [0.1, 0.15) is 47.8 Å². The van der Waals surface area contributed by atoms with Crippen LogP contribution in [0.4, 0.5) is 18.9 Å². The van der Waals surface area contributed by atoms with Crippen molar-refractivity contribution in [3.8, 4) is 0 Å². The standard InChI is InChI=1S/C20H19F3N2O5/c1-12(2)30-18(26)11-16(14-8-4-6-10-17(14)25(28)29)24-19(27)13-7-3-5-9-15(13)20(21,22)23/h3-10,12,16H,11H2,1-2H3,(H,24,27). The van der Waals surface area contributed by atoms with Gasteiger partial charge in [-0.3, -0.25) is 19.7 Å². The summed E-state index contributed by atoms with van der Waals surface area (Å²) in [6, 6.07) is 8.21. The SMILES string of the molecule is CC(C)OC(=O)CC(NC(=O)c1ccccc1C(F)(F)F)c1ccccc1[N+](=O)[O-]. The Balaban J connectivity index is 2.43. The summed E-state index contributed by atoms with van der Waals surface area (Å²) in [6.07, 6.45) is -5.76. The molecule has 30 heavy (non-hydrogen) atoms. The van der Waals surface area contributed by atoms with Gasteiger partial charge in [-0.15, -0.1) is 0 Å². The monoisotopic (exact) mass is 424 g/mol. The van der Waals surface area contributed by atoms with E-state index in [4.69, 9.17) is 4.74 Å². The van der Waals surface area contributed by atoms with Gasteiger partial charge < -0.3 is 10.1 Å². The highest BCUT2D eigenvalue weighted by atomic mass is 19.4. The predicted molar refractivity (Wildman–Crippen MR) is 101 cm³/mol. The molecule has 1 N–H and O–H groups in total. The average molecular weight is 424 g/mol. The van der Waals surface area contributed by atoms with E-state index in [1.54, 1.807) is 13.8 Å². The van der Waals surface area contributed by atoms with Gasteiger partial charge in [-0.05, 0) is 26.0 Å². The summed E-state index contributed by atoms with van der Waals surface area (Å²) >= 11 is 0. The number of esters is 1. The van der Waals surface area contributed by atoms with Crippen LogP contribution in [0, 0.1) is 10.1 Å². The number of alkyl halides is 3. The second kappa shape index (κ2) is 9.38. The van der Waals surface area contributed by atoms with Crippen LogP contribution < -0.4 is 5.32 Å². The Kier molecular flexibility index (Phi) is 7.14. The molecule has 0 saturated carbocycles. The second-order valence-corrected chi connectivity index (χ2v) is 6.63. The van der Waals surface area contributed by atoms with Gasteiger partial charge in [0.2, 0.25) is 0 Å². The first-order chi connectivity index (χ1) is 14.0. The van der Waals surface area contributed by atoms with E-state index in [-0.39, 0.29) is 11.3 Å². The van der Waals surface area contributed by atoms with Crippen LogP contribution in [0.2, 0.25) is 0 Å². The highest BCUT2D eigenvalue weighted by Gasteiger charge is 2.36. The molecule has 0 aliphatic heterocycles. The number of halogens is 3. The molecule has 0 aliphatic rings. The molecule has 0 aliphatic carbocycles. The highest BCUT2D eigenvalue weighted by molar-refractivity contribution is 5.96. The number of nitro groups is 1. The van der Waals surface area contributed by atoms with Crippen molar-refractivity contribution >= 4 is 17.6 Å². The molecule has 1 unspecified atom stereocenters. The first-order valence-corrected chi connectivity index (χ1v) is 8.90. The first kappa shape index (κ1) is 22.9. The maximum absolute atomic E-state index is 13.2. The van der Waals surface area contributed by atoms with Crippen molar-refractivity contribution < 1.29 is 32.4 Å². The zero-order valence-electron chi connectivity index (χ0n) is 16.1. The molecule has 2 aromatic rings. The zero-order valence-corrected chi connectivity index (χ0v) is 16.1. The number of hydrogen-bond donors (Lipinski definition) is 1. The van der Waals surface area contributed by atoms with Crippen LogP contribution in [0.5, 0.6) is 0 Å². The molecule has 7 nitrogen and oxygen atoms in total. The van der Waals surface area contributed by atoms with E-state index in [0.717, 1.165) is 18.2 Å². The molecule has 2 aromatic carbocycles. The number of nitrogens with one attached hydrogen (secondary N) is 1. The van der Waals surface area contributed by atoms with Crippen molar-refractivity contribution in [2.75, 3.05) is 0 Å². The Labute approximate surface area is 170 Å². The van der Waals surface area contributed by atoms with E-state index in [1.165, 1.54) is 30.3 Å². The number of para-hydroxylation sites is 1. The molecular formula is C20H19F3N2O5. The highest BCUT2D eigenvalue weighted by Crippen LogP contribution is 2.33. The number of benzene rings is 2. The maximum atomic E-state index is 13.2. The van der Waals surface area contributed by atoms with E-state index in [1.807, 2.05) is 0 Å². The van der Waals surface area contributed by atoms with Crippen molar-refractivity contribution in [3.05, 3.63) is 75.3 Å². The van der Waals surface area contributed by atoms with Crippen molar-refractivity contribution in [2.24, 2.45) is 0 Å². The summed E-state index contributed by atoms with van der Waals surface area (Å²) in [5.41, 5.74) is -2.23. The Morgan fingerprint density at radius 3 is 2.30 bits per heavy atom. The third-order valence-electron chi connectivity index (χ3n) is 4.03. The summed E-state index contributed by atoms with van der Waals surface area (Å²) in [5.74, 6) is -1.89. The third-order valence-corrected chi connectivity index (χ3v) is 4.03. The smallest absolute Gasteiger partial charge is 0.417 e. The molecule has 1 atom stereocenters. The summed E-state index contributed by atoms with van der Waals surface area (Å²) in [7, 11) is 0. The molecule has 10 heteroatoms. The van der Waals surface area contributed by atoms with E-state index >= 15 is 0 Å². The van der Waals surface area contributed by atoms with Crippen molar-refractivity contribution in [1.29, 1.82) is 0 Å². The van der Waals surface area contributed by atoms with Gasteiger partial charge in [0.15, 0.2) is 0 Å². The topological polar surface area (TPSA) is 98.5 Å². The molecule has 0 bridgehead atoms. The Morgan fingerprint density at radius 2 is 1.70 bits per heavy atom. The fraction of sp³-hybridized carbons (Fsp3) is 0.300. The van der Waals surface area contributed by atoms with E-state index in [0.29, 0.717) is 0 Å². The zero-order chi connectivity index (χ0) is 22.5. The molecule has 1 amide bonds. The minimum atomic E-state index is -4.78. The van der Waals surface area contributed by atoms with Gasteiger partial charge in [0.1, 0.15) is 0 Å². The van der Waals surface area contributed by atoms with Gasteiger partial charge in [-0.1, -0.05) is 30.3 Å². The van der Waals surface area contributed by atoms with Crippen LogP contribution in [-0.2, 0) is 15.7 Å². The number of ether oxygens (including phenoxy) is 1. The fourth-order valence-corrected chi connectivity index (χ4v) is 2.83. The number of amides is 1. The summed E-state index contributed by atoms with van der Waals surface area (Å²) in [4.78, 5) is 35.4. The second-order valence-electron chi connectivity index (χ2n) is 6.63. The number of hydrogen-bond acceptors (Lipinski definition) is 5. The van der Waals surface area contributed by atoms with Crippen molar-refractivity contribution in [2.45, 2.75) is 38.6 Å². The lowest BCUT2D eigenvalue weighted by Gasteiger charge is -2.20. The van der Waals surface area contributed by atoms with Crippen molar-refractivity contribution in [1.82, 2.24) is 5.32 Å². The van der Waals surface area contributed by atoms with E-state index < -0.39 is 52.7 Å². The molecule has 2 rings (SSSR count). The normalized spacial score (nSPS) is 12.3. The van der Waals surface area contributed by atoms with Crippen LogP contribution >= 0.6 is 0 Å². The Bertz CT molecular complexity index is 944. The molecule has 160 valence electrons. The Hall–Kier alpha value is -3.43. The molecule has 0 aromatic heterocycles. The first-order valence-electron chi connectivity index (χ1n) is 8.90. The number of nitro benzene ring substituents is 1. The maximum Gasteiger partial charge on any atom is 0.417 e. The number of rotatable bonds is 7. The quantitative estimate of drug-likeness (QED) is 0.403. The van der Waals surface area contributed by atoms with Gasteiger partial charge >= 0.3 is 12.1 Å². The molecule has 0 fully saturated rings. The van der Waals surface area contributed by atoms with Gasteiger partial charge in [0.25, 0.3) is 11.6 Å². The van der Waals surface area contributed by atoms with Crippen LogP contribution in [0.15, 0.2) is 48.5 Å². The minimum absolute atomic E-state index is 0.0268. The van der Waals surface area contributed by atoms with Gasteiger partial charge in [0, 0.05) is 6.07 Å². The molecule has 0 saturated heterocycles. The Morgan fingerprint density at radius 1 is 1.10 bits per heavy atom. The van der Waals surface area contributed by atoms with Crippen molar-refractivity contribution in [3.63, 3.8) is 0 Å². The largest absolute Gasteiger partial charge is 0.463 e. The number of nitrogens with zero attached hydrogens (tertiary/aromatic N) is 1. The summed E-state index contributed by atoms with van der Waals surface area (Å²) in [5, 5.41) is 13.7. The molecule has 0 heterocycles. The molecule has 0 radical (unpaired) electrons. The third kappa shape index (κ3) is 5.79. The van der Waals surface area contributed by atoms with Gasteiger partial charge in [-0.2, -0.15) is 13.2 Å².